The maximum absolute atomic E-state index is 13.9. The van der Waals surface area contributed by atoms with Crippen molar-refractivity contribution in [3.05, 3.63) is 66.0 Å². The molecule has 0 aliphatic carbocycles. The minimum Gasteiger partial charge on any atom is -0.476 e. The Morgan fingerprint density at radius 2 is 1.93 bits per heavy atom. The number of ether oxygens (including phenoxy) is 3. The molecule has 4 rings (SSSR count). The number of methoxy groups -OCH3 is 1. The van der Waals surface area contributed by atoms with Gasteiger partial charge in [-0.05, 0) is 44.4 Å². The maximum Gasteiger partial charge on any atom is 0.337 e. The van der Waals surface area contributed by atoms with Gasteiger partial charge in [0, 0.05) is 24.9 Å². The fourth-order valence-corrected chi connectivity index (χ4v) is 4.93. The molecule has 1 fully saturated rings. The Morgan fingerprint density at radius 1 is 1.18 bits per heavy atom. The molecular weight excluding hydrogens is 514 g/mol. The molecule has 4 unspecified atom stereocenters. The van der Waals surface area contributed by atoms with Gasteiger partial charge in [0.1, 0.15) is 18.7 Å². The summed E-state index contributed by atoms with van der Waals surface area (Å²) in [6, 6.07) is 12.7. The molecule has 0 bridgehead atoms. The van der Waals surface area contributed by atoms with Gasteiger partial charge in [-0.15, -0.1) is 0 Å². The normalized spacial score (nSPS) is 22.6. The molecule has 1 aromatic carbocycles. The van der Waals surface area contributed by atoms with Gasteiger partial charge in [-0.1, -0.05) is 36.4 Å². The Balaban J connectivity index is 1.55. The number of nitrogens with two attached hydrogens (primary N) is 1. The molecule has 5 atom stereocenters. The maximum atomic E-state index is 13.9. The van der Waals surface area contributed by atoms with Crippen LogP contribution in [-0.2, 0) is 41.6 Å². The lowest BCUT2D eigenvalue weighted by atomic mass is 9.95. The third-order valence-electron chi connectivity index (χ3n) is 7.17. The lowest BCUT2D eigenvalue weighted by Gasteiger charge is -2.32. The van der Waals surface area contributed by atoms with Gasteiger partial charge in [-0.25, -0.2) is 9.79 Å². The van der Waals surface area contributed by atoms with Gasteiger partial charge in [0.15, 0.2) is 0 Å². The molecule has 3 N–H and O–H groups in total. The molecular formula is C29H37N5O6. The first-order valence-electron chi connectivity index (χ1n) is 13.5. The summed E-state index contributed by atoms with van der Waals surface area (Å²) in [5.41, 5.74) is 6.11. The summed E-state index contributed by atoms with van der Waals surface area (Å²) in [4.78, 5) is 50.1. The second-order valence-corrected chi connectivity index (χ2v) is 10.2. The van der Waals surface area contributed by atoms with Crippen LogP contribution in [0, 0.1) is 0 Å². The summed E-state index contributed by atoms with van der Waals surface area (Å²) < 4.78 is 17.1. The van der Waals surface area contributed by atoms with Gasteiger partial charge >= 0.3 is 5.97 Å². The highest BCUT2D eigenvalue weighted by Gasteiger charge is 2.49. The van der Waals surface area contributed by atoms with Gasteiger partial charge in [-0.2, -0.15) is 0 Å². The quantitative estimate of drug-likeness (QED) is 0.399. The number of hydrogen-bond acceptors (Lipinski definition) is 9. The number of carbonyl (C=O) groups excluding carboxylic acids is 3. The van der Waals surface area contributed by atoms with E-state index in [1.165, 1.54) is 7.11 Å². The predicted octanol–water partition coefficient (Wildman–Crippen LogP) is 1.39. The molecule has 214 valence electrons. The summed E-state index contributed by atoms with van der Waals surface area (Å²) >= 11 is 0. The van der Waals surface area contributed by atoms with Crippen molar-refractivity contribution in [1.82, 2.24) is 15.2 Å². The molecule has 1 saturated heterocycles. The number of nitrogens with one attached hydrogen (secondary N) is 1. The van der Waals surface area contributed by atoms with Crippen LogP contribution in [0.25, 0.3) is 0 Å². The lowest BCUT2D eigenvalue weighted by molar-refractivity contribution is -0.147. The Morgan fingerprint density at radius 3 is 2.60 bits per heavy atom. The fourth-order valence-electron chi connectivity index (χ4n) is 4.93. The van der Waals surface area contributed by atoms with E-state index >= 15 is 0 Å². The highest BCUT2D eigenvalue weighted by molar-refractivity contribution is 5.96. The van der Waals surface area contributed by atoms with Gasteiger partial charge in [0.2, 0.25) is 23.3 Å². The largest absolute Gasteiger partial charge is 0.476 e. The number of amides is 2. The summed E-state index contributed by atoms with van der Waals surface area (Å²) in [6.07, 6.45) is 2.50. The number of likely N-dealkylation sites (tertiary alicyclic amines) is 1. The van der Waals surface area contributed by atoms with E-state index in [9.17, 15) is 14.4 Å². The second kappa shape index (κ2) is 13.0. The third kappa shape index (κ3) is 6.65. The van der Waals surface area contributed by atoms with Gasteiger partial charge < -0.3 is 30.2 Å². The first-order chi connectivity index (χ1) is 19.2. The van der Waals surface area contributed by atoms with E-state index in [0.29, 0.717) is 31.0 Å². The number of aromatic nitrogens is 1. The number of carbonyl (C=O) groups is 3. The average Bonchev–Trinajstić information content (AvgIpc) is 3.63. The van der Waals surface area contributed by atoms with Crippen LogP contribution in [-0.4, -0.2) is 83.6 Å². The Labute approximate surface area is 234 Å². The minimum atomic E-state index is -1.30. The number of esters is 1. The SMILES string of the molecule is COC(=O)[C@@]1(Cc2ccccn2)COC(C2CCCN2C(=O)C(NC(=O)C(C)N)C(C)OCc2ccccc2)=N1. The summed E-state index contributed by atoms with van der Waals surface area (Å²) in [6.45, 7) is 3.99. The molecule has 3 heterocycles. The van der Waals surface area contributed by atoms with Gasteiger partial charge in [0.25, 0.3) is 0 Å². The Kier molecular flexibility index (Phi) is 9.49. The van der Waals surface area contributed by atoms with Crippen LogP contribution in [0.3, 0.4) is 0 Å². The van der Waals surface area contributed by atoms with E-state index in [1.807, 2.05) is 42.5 Å². The Hall–Kier alpha value is -3.83. The minimum absolute atomic E-state index is 0.0223. The number of hydrogen-bond donors (Lipinski definition) is 2. The van der Waals surface area contributed by atoms with E-state index in [2.05, 4.69) is 10.3 Å². The van der Waals surface area contributed by atoms with E-state index in [1.54, 1.807) is 31.0 Å². The van der Waals surface area contributed by atoms with Crippen molar-refractivity contribution in [1.29, 1.82) is 0 Å². The van der Waals surface area contributed by atoms with Crippen LogP contribution in [0.5, 0.6) is 0 Å². The number of benzene rings is 1. The van der Waals surface area contributed by atoms with Gasteiger partial charge in [0.05, 0.1) is 25.9 Å². The molecule has 2 aliphatic heterocycles. The van der Waals surface area contributed by atoms with Crippen LogP contribution in [0.4, 0.5) is 0 Å². The summed E-state index contributed by atoms with van der Waals surface area (Å²) in [5, 5.41) is 2.77. The molecule has 11 nitrogen and oxygen atoms in total. The van der Waals surface area contributed by atoms with Crippen LogP contribution >= 0.6 is 0 Å². The molecule has 2 aromatic rings. The van der Waals surface area contributed by atoms with E-state index < -0.39 is 41.6 Å². The molecule has 11 heteroatoms. The van der Waals surface area contributed by atoms with Crippen molar-refractivity contribution in [2.75, 3.05) is 20.3 Å². The number of nitrogens with zero attached hydrogens (tertiary/aromatic N) is 3. The topological polar surface area (TPSA) is 145 Å². The third-order valence-corrected chi connectivity index (χ3v) is 7.17. The van der Waals surface area contributed by atoms with E-state index in [-0.39, 0.29) is 25.5 Å². The highest BCUT2D eigenvalue weighted by atomic mass is 16.5. The summed E-state index contributed by atoms with van der Waals surface area (Å²) in [5.74, 6) is -1.03. The number of rotatable bonds is 11. The zero-order chi connectivity index (χ0) is 28.7. The summed E-state index contributed by atoms with van der Waals surface area (Å²) in [7, 11) is 1.31. The van der Waals surface area contributed by atoms with Crippen LogP contribution in [0.2, 0.25) is 0 Å². The first-order valence-corrected chi connectivity index (χ1v) is 13.5. The van der Waals surface area contributed by atoms with Crippen molar-refractivity contribution in [3.63, 3.8) is 0 Å². The van der Waals surface area contributed by atoms with Crippen LogP contribution in [0.1, 0.15) is 37.9 Å². The second-order valence-electron chi connectivity index (χ2n) is 10.2. The van der Waals surface area contributed by atoms with Gasteiger partial charge in [-0.3, -0.25) is 14.6 Å². The average molecular weight is 552 g/mol. The molecule has 0 spiro atoms. The zero-order valence-electron chi connectivity index (χ0n) is 23.1. The number of aliphatic imine (C=N–C) groups is 1. The van der Waals surface area contributed by atoms with Crippen molar-refractivity contribution >= 4 is 23.7 Å². The van der Waals surface area contributed by atoms with E-state index in [4.69, 9.17) is 24.9 Å². The molecule has 2 amide bonds. The molecule has 1 aromatic heterocycles. The van der Waals surface area contributed by atoms with Crippen LogP contribution < -0.4 is 11.1 Å². The van der Waals surface area contributed by atoms with Crippen molar-refractivity contribution in [2.45, 2.75) is 69.5 Å². The lowest BCUT2D eigenvalue weighted by Crippen LogP contribution is -2.58. The molecule has 40 heavy (non-hydrogen) atoms. The molecule has 0 radical (unpaired) electrons. The predicted molar refractivity (Wildman–Crippen MR) is 147 cm³/mol. The standard InChI is InChI=1S/C29H37N5O6/c1-19(30)25(35)32-24(20(2)39-17-21-10-5-4-6-11-21)27(36)34-15-9-13-23(34)26-33-29(18-40-26,28(37)38-3)16-22-12-7-8-14-31-22/h4-8,10-12,14,19-20,23-24H,9,13,15-18,30H2,1-3H3,(H,32,35)/t19?,20?,23?,24?,29-/m1/s1. The Bertz CT molecular complexity index is 1210. The van der Waals surface area contributed by atoms with Crippen molar-refractivity contribution in [2.24, 2.45) is 10.7 Å². The highest BCUT2D eigenvalue weighted by Crippen LogP contribution is 2.30. The van der Waals surface area contributed by atoms with Crippen LogP contribution in [0.15, 0.2) is 59.7 Å². The monoisotopic (exact) mass is 551 g/mol. The zero-order valence-corrected chi connectivity index (χ0v) is 23.1. The number of pyridine rings is 1. The van der Waals surface area contributed by atoms with Crippen molar-refractivity contribution < 1.29 is 28.6 Å². The van der Waals surface area contributed by atoms with E-state index in [0.717, 1.165) is 5.56 Å². The smallest absolute Gasteiger partial charge is 0.337 e. The fraction of sp³-hybridized carbons (Fsp3) is 0.483. The van der Waals surface area contributed by atoms with Crippen molar-refractivity contribution in [3.8, 4) is 0 Å². The molecule has 2 aliphatic rings. The first kappa shape index (κ1) is 29.2. The molecule has 0 saturated carbocycles.